The van der Waals surface area contributed by atoms with E-state index in [1.165, 1.54) is 6.07 Å². The molecule has 0 saturated carbocycles. The van der Waals surface area contributed by atoms with Gasteiger partial charge in [0.15, 0.2) is 0 Å². The highest BCUT2D eigenvalue weighted by molar-refractivity contribution is 5.92. The Morgan fingerprint density at radius 1 is 1.09 bits per heavy atom. The first kappa shape index (κ1) is 16.9. The zero-order valence-corrected chi connectivity index (χ0v) is 12.3. The van der Waals surface area contributed by atoms with Crippen molar-refractivity contribution in [3.8, 4) is 5.75 Å². The lowest BCUT2D eigenvalue weighted by Crippen LogP contribution is -2.17. The van der Waals surface area contributed by atoms with Gasteiger partial charge in [-0.15, -0.1) is 0 Å². The number of alkyl halides is 2. The molecule has 2 rings (SSSR count). The summed E-state index contributed by atoms with van der Waals surface area (Å²) >= 11 is 0. The van der Waals surface area contributed by atoms with E-state index in [-0.39, 0.29) is 12.2 Å². The number of rotatable bonds is 7. The number of benzene rings is 2. The molecular formula is C17H17F2NO3. The molecule has 1 atom stereocenters. The van der Waals surface area contributed by atoms with Crippen molar-refractivity contribution in [1.29, 1.82) is 0 Å². The van der Waals surface area contributed by atoms with Crippen LogP contribution in [0.4, 0.5) is 14.5 Å². The lowest BCUT2D eigenvalue weighted by Gasteiger charge is -2.14. The van der Waals surface area contributed by atoms with Gasteiger partial charge in [-0.3, -0.25) is 4.79 Å². The Balaban J connectivity index is 1.97. The number of amides is 1. The maximum absolute atomic E-state index is 12.2. The molecule has 0 aliphatic rings. The molecule has 0 saturated heterocycles. The summed E-state index contributed by atoms with van der Waals surface area (Å²) in [6, 6.07) is 15.1. The van der Waals surface area contributed by atoms with Crippen molar-refractivity contribution < 1.29 is 23.4 Å². The average molecular weight is 321 g/mol. The van der Waals surface area contributed by atoms with Crippen LogP contribution >= 0.6 is 0 Å². The van der Waals surface area contributed by atoms with Crippen molar-refractivity contribution in [2.45, 2.75) is 19.0 Å². The fourth-order valence-electron chi connectivity index (χ4n) is 2.02. The molecule has 0 aliphatic heterocycles. The van der Waals surface area contributed by atoms with Crippen LogP contribution in [0.15, 0.2) is 54.6 Å². The summed E-state index contributed by atoms with van der Waals surface area (Å²) in [5, 5.41) is 12.6. The third-order valence-electron chi connectivity index (χ3n) is 3.09. The number of anilines is 1. The summed E-state index contributed by atoms with van der Waals surface area (Å²) in [5.74, 6) is -0.273. The lowest BCUT2D eigenvalue weighted by molar-refractivity contribution is -0.118. The van der Waals surface area contributed by atoms with Crippen LogP contribution in [0, 0.1) is 0 Å². The zero-order valence-electron chi connectivity index (χ0n) is 12.3. The van der Waals surface area contributed by atoms with Crippen molar-refractivity contribution in [2.75, 3.05) is 11.9 Å². The van der Waals surface area contributed by atoms with Gasteiger partial charge >= 0.3 is 0 Å². The summed E-state index contributed by atoms with van der Waals surface area (Å²) in [5.41, 5.74) is 0.920. The number of aliphatic hydroxyl groups excluding tert-OH is 1. The molecule has 2 N–H and O–H groups in total. The maximum Gasteiger partial charge on any atom is 0.272 e. The molecule has 2 aromatic carbocycles. The highest BCUT2D eigenvalue weighted by Gasteiger charge is 2.15. The van der Waals surface area contributed by atoms with E-state index in [1.54, 1.807) is 42.5 Å². The lowest BCUT2D eigenvalue weighted by atomic mass is 10.1. The fourth-order valence-corrected chi connectivity index (χ4v) is 2.02. The third kappa shape index (κ3) is 5.34. The number of hydrogen-bond acceptors (Lipinski definition) is 3. The smallest absolute Gasteiger partial charge is 0.272 e. The Hall–Kier alpha value is -2.47. The van der Waals surface area contributed by atoms with Gasteiger partial charge in [-0.1, -0.05) is 42.5 Å². The quantitative estimate of drug-likeness (QED) is 0.822. The van der Waals surface area contributed by atoms with Gasteiger partial charge in [-0.2, -0.15) is 0 Å². The number of carbonyl (C=O) groups is 1. The van der Waals surface area contributed by atoms with Gasteiger partial charge in [-0.05, 0) is 17.7 Å². The third-order valence-corrected chi connectivity index (χ3v) is 3.09. The number of nitrogens with one attached hydrogen (secondary N) is 1. The monoisotopic (exact) mass is 321 g/mol. The molecular weight excluding hydrogens is 304 g/mol. The summed E-state index contributed by atoms with van der Waals surface area (Å²) in [6.45, 7) is -0.750. The number of hydrogen-bond donors (Lipinski definition) is 2. The van der Waals surface area contributed by atoms with Crippen molar-refractivity contribution in [3.05, 3.63) is 60.2 Å². The molecule has 0 spiro atoms. The number of halogens is 2. The van der Waals surface area contributed by atoms with Crippen LogP contribution in [0.1, 0.15) is 18.1 Å². The highest BCUT2D eigenvalue weighted by atomic mass is 19.3. The van der Waals surface area contributed by atoms with E-state index in [2.05, 4.69) is 5.32 Å². The van der Waals surface area contributed by atoms with Crippen LogP contribution in [-0.2, 0) is 4.79 Å². The van der Waals surface area contributed by atoms with E-state index < -0.39 is 25.0 Å². The first-order valence-electron chi connectivity index (χ1n) is 7.09. The Kier molecular flexibility index (Phi) is 6.05. The van der Waals surface area contributed by atoms with Gasteiger partial charge in [0.1, 0.15) is 12.4 Å². The van der Waals surface area contributed by atoms with E-state index in [9.17, 15) is 18.7 Å². The Labute approximate surface area is 132 Å². The molecule has 6 heteroatoms. The maximum atomic E-state index is 12.2. The Morgan fingerprint density at radius 2 is 1.74 bits per heavy atom. The van der Waals surface area contributed by atoms with E-state index in [0.717, 1.165) is 0 Å². The zero-order chi connectivity index (χ0) is 16.7. The normalized spacial score (nSPS) is 12.0. The second-order valence-corrected chi connectivity index (χ2v) is 4.88. The first-order chi connectivity index (χ1) is 11.1. The molecule has 0 bridgehead atoms. The van der Waals surface area contributed by atoms with E-state index >= 15 is 0 Å². The van der Waals surface area contributed by atoms with Gasteiger partial charge in [0.2, 0.25) is 5.91 Å². The molecule has 0 aromatic heterocycles. The van der Waals surface area contributed by atoms with Gasteiger partial charge < -0.3 is 15.2 Å². The summed E-state index contributed by atoms with van der Waals surface area (Å²) in [6.07, 6.45) is -3.68. The van der Waals surface area contributed by atoms with Crippen LogP contribution in [0.25, 0.3) is 0 Å². The minimum Gasteiger partial charge on any atom is -0.485 e. The highest BCUT2D eigenvalue weighted by Crippen LogP contribution is 2.25. The van der Waals surface area contributed by atoms with E-state index in [4.69, 9.17) is 4.74 Å². The standard InChI is InChI=1S/C17H17F2NO3/c18-16(19)11-23-15-9-5-4-8-13(15)20-17(22)10-14(21)12-6-2-1-3-7-12/h1-9,14,16,21H,10-11H2,(H,20,22). The molecule has 0 radical (unpaired) electrons. The van der Waals surface area contributed by atoms with Crippen LogP contribution in [0.5, 0.6) is 5.75 Å². The molecule has 23 heavy (non-hydrogen) atoms. The van der Waals surface area contributed by atoms with Crippen LogP contribution in [0.3, 0.4) is 0 Å². The molecule has 4 nitrogen and oxygen atoms in total. The van der Waals surface area contributed by atoms with Crippen molar-refractivity contribution >= 4 is 11.6 Å². The van der Waals surface area contributed by atoms with Crippen molar-refractivity contribution in [1.82, 2.24) is 0 Å². The minimum absolute atomic E-state index is 0.146. The van der Waals surface area contributed by atoms with E-state index in [1.807, 2.05) is 6.07 Å². The second-order valence-electron chi connectivity index (χ2n) is 4.88. The molecule has 0 heterocycles. The van der Waals surface area contributed by atoms with Crippen molar-refractivity contribution in [3.63, 3.8) is 0 Å². The SMILES string of the molecule is O=C(CC(O)c1ccccc1)Nc1ccccc1OCC(F)F. The van der Waals surface area contributed by atoms with Crippen LogP contribution < -0.4 is 10.1 Å². The van der Waals surface area contributed by atoms with E-state index in [0.29, 0.717) is 11.3 Å². The minimum atomic E-state index is -2.60. The summed E-state index contributed by atoms with van der Waals surface area (Å²) in [7, 11) is 0. The average Bonchev–Trinajstić information content (AvgIpc) is 2.54. The Bertz CT molecular complexity index is 635. The molecule has 1 amide bonds. The molecule has 0 aliphatic carbocycles. The van der Waals surface area contributed by atoms with Crippen LogP contribution in [0.2, 0.25) is 0 Å². The Morgan fingerprint density at radius 3 is 2.43 bits per heavy atom. The fraction of sp³-hybridized carbons (Fsp3) is 0.235. The van der Waals surface area contributed by atoms with Gasteiger partial charge in [0, 0.05) is 0 Å². The number of aliphatic hydroxyl groups is 1. The number of ether oxygens (including phenoxy) is 1. The first-order valence-corrected chi connectivity index (χ1v) is 7.09. The predicted octanol–water partition coefficient (Wildman–Crippen LogP) is 3.39. The molecule has 1 unspecified atom stereocenters. The number of para-hydroxylation sites is 2. The summed E-state index contributed by atoms with van der Waals surface area (Å²) in [4.78, 5) is 12.0. The number of carbonyl (C=O) groups excluding carboxylic acids is 1. The van der Waals surface area contributed by atoms with Crippen molar-refractivity contribution in [2.24, 2.45) is 0 Å². The van der Waals surface area contributed by atoms with Gasteiger partial charge in [0.25, 0.3) is 6.43 Å². The summed E-state index contributed by atoms with van der Waals surface area (Å²) < 4.78 is 29.4. The van der Waals surface area contributed by atoms with Crippen LogP contribution in [-0.4, -0.2) is 24.0 Å². The molecule has 0 fully saturated rings. The molecule has 122 valence electrons. The molecule has 2 aromatic rings. The van der Waals surface area contributed by atoms with Gasteiger partial charge in [-0.25, -0.2) is 8.78 Å². The topological polar surface area (TPSA) is 58.6 Å². The second kappa shape index (κ2) is 8.24. The largest absolute Gasteiger partial charge is 0.485 e. The van der Waals surface area contributed by atoms with Gasteiger partial charge in [0.05, 0.1) is 18.2 Å². The predicted molar refractivity (Wildman–Crippen MR) is 82.6 cm³/mol.